The first-order valence-electron chi connectivity index (χ1n) is 5.38. The summed E-state index contributed by atoms with van der Waals surface area (Å²) in [4.78, 5) is 0. The Morgan fingerprint density at radius 3 is 2.94 bits per heavy atom. The molecule has 0 fully saturated rings. The number of benzene rings is 1. The van der Waals surface area contributed by atoms with E-state index in [2.05, 4.69) is 38.1 Å². The van der Waals surface area contributed by atoms with Crippen molar-refractivity contribution in [3.05, 3.63) is 45.1 Å². The predicted octanol–water partition coefficient (Wildman–Crippen LogP) is 4.17. The number of ether oxygens (including phenoxy) is 1. The van der Waals surface area contributed by atoms with Crippen LogP contribution in [0.3, 0.4) is 0 Å². The fourth-order valence-electron chi connectivity index (χ4n) is 1.59. The second-order valence-electron chi connectivity index (χ2n) is 3.65. The van der Waals surface area contributed by atoms with Crippen LogP contribution in [0.25, 0.3) is 0 Å². The van der Waals surface area contributed by atoms with Crippen molar-refractivity contribution in [3.63, 3.8) is 0 Å². The van der Waals surface area contributed by atoms with Gasteiger partial charge in [-0.1, -0.05) is 15.9 Å². The zero-order chi connectivity index (χ0) is 12.1. The summed E-state index contributed by atoms with van der Waals surface area (Å²) in [6.07, 6.45) is 1.03. The van der Waals surface area contributed by atoms with Crippen LogP contribution in [0.5, 0.6) is 5.75 Å². The molecule has 1 heterocycles. The topological polar surface area (TPSA) is 21.3 Å². The Morgan fingerprint density at radius 2 is 2.24 bits per heavy atom. The van der Waals surface area contributed by atoms with Gasteiger partial charge in [0.05, 0.1) is 12.8 Å². The van der Waals surface area contributed by atoms with Gasteiger partial charge in [-0.3, -0.25) is 0 Å². The number of hydrogen-bond acceptors (Lipinski definition) is 3. The number of anilines is 1. The zero-order valence-corrected chi connectivity index (χ0v) is 12.0. The first kappa shape index (κ1) is 12.5. The molecular formula is C13H14BrNOS. The maximum absolute atomic E-state index is 5.31. The molecule has 0 aliphatic heterocycles. The first-order chi connectivity index (χ1) is 8.29. The summed E-state index contributed by atoms with van der Waals surface area (Å²) >= 11 is 5.20. The molecule has 2 aromatic rings. The van der Waals surface area contributed by atoms with Gasteiger partial charge in [-0.25, -0.2) is 0 Å². The van der Waals surface area contributed by atoms with Crippen LogP contribution >= 0.6 is 27.3 Å². The Morgan fingerprint density at radius 1 is 1.35 bits per heavy atom. The van der Waals surface area contributed by atoms with Gasteiger partial charge in [0.25, 0.3) is 0 Å². The van der Waals surface area contributed by atoms with Gasteiger partial charge < -0.3 is 10.1 Å². The molecule has 0 aliphatic carbocycles. The minimum absolute atomic E-state index is 0.874. The van der Waals surface area contributed by atoms with E-state index in [0.717, 1.165) is 28.9 Å². The summed E-state index contributed by atoms with van der Waals surface area (Å²) in [5, 5.41) is 7.68. The molecule has 4 heteroatoms. The Labute approximate surface area is 114 Å². The Hall–Kier alpha value is -1.00. The quantitative estimate of drug-likeness (QED) is 0.894. The number of methoxy groups -OCH3 is 1. The van der Waals surface area contributed by atoms with Crippen LogP contribution in [0.4, 0.5) is 5.69 Å². The lowest BCUT2D eigenvalue weighted by molar-refractivity contribution is 0.416. The number of halogens is 1. The lowest BCUT2D eigenvalue weighted by Gasteiger charge is -2.11. The molecular weight excluding hydrogens is 298 g/mol. The number of hydrogen-bond donors (Lipinski definition) is 1. The maximum atomic E-state index is 5.31. The average Bonchev–Trinajstić information content (AvgIpc) is 2.82. The van der Waals surface area contributed by atoms with E-state index in [1.807, 2.05) is 18.2 Å². The van der Waals surface area contributed by atoms with Crippen LogP contribution in [0.2, 0.25) is 0 Å². The lowest BCUT2D eigenvalue weighted by Crippen LogP contribution is -2.05. The standard InChI is InChI=1S/C13H14BrNOS/c1-16-13-3-2-11(14)8-12(13)15-6-4-10-5-7-17-9-10/h2-3,5,7-9,15H,4,6H2,1H3. The van der Waals surface area contributed by atoms with Crippen molar-refractivity contribution in [2.45, 2.75) is 6.42 Å². The molecule has 0 amide bonds. The Bertz CT molecular complexity index is 470. The second kappa shape index (κ2) is 6.07. The monoisotopic (exact) mass is 311 g/mol. The lowest BCUT2D eigenvalue weighted by atomic mass is 10.2. The minimum Gasteiger partial charge on any atom is -0.495 e. The van der Waals surface area contributed by atoms with Crippen molar-refractivity contribution in [1.29, 1.82) is 0 Å². The molecule has 2 rings (SSSR count). The molecule has 1 aromatic heterocycles. The van der Waals surface area contributed by atoms with Crippen LogP contribution in [-0.4, -0.2) is 13.7 Å². The van der Waals surface area contributed by atoms with Crippen LogP contribution in [-0.2, 0) is 6.42 Å². The van der Waals surface area contributed by atoms with Gasteiger partial charge in [-0.2, -0.15) is 11.3 Å². The first-order valence-corrected chi connectivity index (χ1v) is 7.11. The minimum atomic E-state index is 0.874. The predicted molar refractivity (Wildman–Crippen MR) is 77.2 cm³/mol. The fourth-order valence-corrected chi connectivity index (χ4v) is 2.66. The molecule has 0 radical (unpaired) electrons. The molecule has 2 nitrogen and oxygen atoms in total. The van der Waals surface area contributed by atoms with Gasteiger partial charge in [0.15, 0.2) is 0 Å². The molecule has 17 heavy (non-hydrogen) atoms. The molecule has 1 aromatic carbocycles. The van der Waals surface area contributed by atoms with E-state index in [-0.39, 0.29) is 0 Å². The highest BCUT2D eigenvalue weighted by Gasteiger charge is 2.02. The summed E-state index contributed by atoms with van der Waals surface area (Å²) < 4.78 is 6.36. The molecule has 0 atom stereocenters. The molecule has 0 bridgehead atoms. The largest absolute Gasteiger partial charge is 0.495 e. The molecule has 90 valence electrons. The number of thiophene rings is 1. The van der Waals surface area contributed by atoms with Crippen molar-refractivity contribution in [3.8, 4) is 5.75 Å². The molecule has 0 saturated heterocycles. The van der Waals surface area contributed by atoms with E-state index in [1.165, 1.54) is 5.56 Å². The van der Waals surface area contributed by atoms with Crippen molar-refractivity contribution in [1.82, 2.24) is 0 Å². The van der Waals surface area contributed by atoms with Crippen LogP contribution in [0, 0.1) is 0 Å². The smallest absolute Gasteiger partial charge is 0.142 e. The number of rotatable bonds is 5. The van der Waals surface area contributed by atoms with E-state index in [1.54, 1.807) is 18.4 Å². The molecule has 0 aliphatic rings. The van der Waals surface area contributed by atoms with Crippen molar-refractivity contribution >= 4 is 33.0 Å². The summed E-state index contributed by atoms with van der Waals surface area (Å²) in [7, 11) is 1.69. The molecule has 0 unspecified atom stereocenters. The molecule has 1 N–H and O–H groups in total. The van der Waals surface area contributed by atoms with Gasteiger partial charge in [0, 0.05) is 11.0 Å². The van der Waals surface area contributed by atoms with E-state index < -0.39 is 0 Å². The van der Waals surface area contributed by atoms with E-state index in [9.17, 15) is 0 Å². The Kier molecular flexibility index (Phi) is 4.45. The third-order valence-electron chi connectivity index (χ3n) is 2.47. The average molecular weight is 312 g/mol. The zero-order valence-electron chi connectivity index (χ0n) is 9.57. The molecule has 0 saturated carbocycles. The highest BCUT2D eigenvalue weighted by Crippen LogP contribution is 2.27. The summed E-state index contributed by atoms with van der Waals surface area (Å²) in [5.74, 6) is 0.874. The van der Waals surface area contributed by atoms with E-state index in [4.69, 9.17) is 4.74 Å². The maximum Gasteiger partial charge on any atom is 0.142 e. The van der Waals surface area contributed by atoms with Gasteiger partial charge >= 0.3 is 0 Å². The van der Waals surface area contributed by atoms with E-state index in [0.29, 0.717) is 0 Å². The van der Waals surface area contributed by atoms with Crippen LogP contribution < -0.4 is 10.1 Å². The third-order valence-corrected chi connectivity index (χ3v) is 3.70. The summed E-state index contributed by atoms with van der Waals surface area (Å²) in [5.41, 5.74) is 2.40. The van der Waals surface area contributed by atoms with Crippen molar-refractivity contribution in [2.75, 3.05) is 19.0 Å². The Balaban J connectivity index is 1.96. The van der Waals surface area contributed by atoms with E-state index >= 15 is 0 Å². The van der Waals surface area contributed by atoms with Gasteiger partial charge in [0.2, 0.25) is 0 Å². The van der Waals surface area contributed by atoms with Gasteiger partial charge in [0.1, 0.15) is 5.75 Å². The molecule has 0 spiro atoms. The van der Waals surface area contributed by atoms with Gasteiger partial charge in [-0.05, 0) is 47.0 Å². The fraction of sp³-hybridized carbons (Fsp3) is 0.231. The summed E-state index contributed by atoms with van der Waals surface area (Å²) in [6, 6.07) is 8.12. The van der Waals surface area contributed by atoms with Crippen molar-refractivity contribution in [2.24, 2.45) is 0 Å². The van der Waals surface area contributed by atoms with Crippen LogP contribution in [0.1, 0.15) is 5.56 Å². The highest BCUT2D eigenvalue weighted by molar-refractivity contribution is 9.10. The van der Waals surface area contributed by atoms with Gasteiger partial charge in [-0.15, -0.1) is 0 Å². The third kappa shape index (κ3) is 3.48. The highest BCUT2D eigenvalue weighted by atomic mass is 79.9. The van der Waals surface area contributed by atoms with Crippen molar-refractivity contribution < 1.29 is 4.74 Å². The summed E-state index contributed by atoms with van der Waals surface area (Å²) in [6.45, 7) is 0.906. The number of nitrogens with one attached hydrogen (secondary N) is 1. The second-order valence-corrected chi connectivity index (χ2v) is 5.35. The van der Waals surface area contributed by atoms with Crippen LogP contribution in [0.15, 0.2) is 39.5 Å². The SMILES string of the molecule is COc1ccc(Br)cc1NCCc1ccsc1. The normalized spacial score (nSPS) is 10.2.